The molecular weight excluding hydrogens is 314 g/mol. The largest absolute Gasteiger partial charge is 0.507 e. The zero-order chi connectivity index (χ0) is 17.6. The van der Waals surface area contributed by atoms with Gasteiger partial charge in [-0.2, -0.15) is 0 Å². The molecule has 1 fully saturated rings. The van der Waals surface area contributed by atoms with Crippen molar-refractivity contribution < 1.29 is 15.0 Å². The van der Waals surface area contributed by atoms with Crippen LogP contribution >= 0.6 is 0 Å². The fourth-order valence-electron chi connectivity index (χ4n) is 3.41. The normalized spacial score (nSPS) is 17.5. The first-order chi connectivity index (χ1) is 12.2. The molecule has 2 aromatic rings. The smallest absolute Gasteiger partial charge is 0.257 e. The second-order valence-electron chi connectivity index (χ2n) is 6.78. The number of rotatable bonds is 5. The van der Waals surface area contributed by atoms with Crippen LogP contribution in [0.1, 0.15) is 34.3 Å². The molecule has 0 radical (unpaired) electrons. The molecule has 0 spiro atoms. The highest BCUT2D eigenvalue weighted by Crippen LogP contribution is 2.24. The number of hydrogen-bond acceptors (Lipinski definition) is 3. The van der Waals surface area contributed by atoms with Gasteiger partial charge in [-0.15, -0.1) is 0 Å². The number of phenols is 1. The lowest BCUT2D eigenvalue weighted by Gasteiger charge is -2.32. The number of aryl methyl sites for hydroxylation is 2. The van der Waals surface area contributed by atoms with Crippen LogP contribution < -0.4 is 0 Å². The van der Waals surface area contributed by atoms with Crippen LogP contribution in [0.4, 0.5) is 0 Å². The highest BCUT2D eigenvalue weighted by molar-refractivity contribution is 5.97. The maximum absolute atomic E-state index is 12.8. The Morgan fingerprint density at radius 1 is 1.08 bits per heavy atom. The molecular formula is C21H25NO3. The van der Waals surface area contributed by atoms with Crippen LogP contribution in [0.2, 0.25) is 0 Å². The number of carbonyl (C=O) groups is 1. The van der Waals surface area contributed by atoms with Crippen molar-refractivity contribution in [3.05, 3.63) is 65.2 Å². The lowest BCUT2D eigenvalue weighted by molar-refractivity contribution is 0.0618. The van der Waals surface area contributed by atoms with E-state index in [0.29, 0.717) is 18.7 Å². The quantitative estimate of drug-likeness (QED) is 0.880. The molecule has 25 heavy (non-hydrogen) atoms. The molecule has 0 aromatic heterocycles. The summed E-state index contributed by atoms with van der Waals surface area (Å²) in [5, 5.41) is 19.5. The van der Waals surface area contributed by atoms with E-state index in [2.05, 4.69) is 12.1 Å². The molecule has 1 heterocycles. The Hall–Kier alpha value is -2.33. The minimum atomic E-state index is -0.141. The third-order valence-corrected chi connectivity index (χ3v) is 4.90. The fraction of sp³-hybridized carbons (Fsp3) is 0.381. The molecule has 0 aliphatic carbocycles. The molecule has 4 nitrogen and oxygen atoms in total. The Morgan fingerprint density at radius 2 is 1.84 bits per heavy atom. The second-order valence-corrected chi connectivity index (χ2v) is 6.78. The topological polar surface area (TPSA) is 60.8 Å². The third kappa shape index (κ3) is 4.40. The maximum Gasteiger partial charge on any atom is 0.257 e. The van der Waals surface area contributed by atoms with Gasteiger partial charge < -0.3 is 15.1 Å². The van der Waals surface area contributed by atoms with Gasteiger partial charge in [-0.25, -0.2) is 0 Å². The zero-order valence-electron chi connectivity index (χ0n) is 14.4. The van der Waals surface area contributed by atoms with E-state index in [1.165, 1.54) is 5.56 Å². The summed E-state index contributed by atoms with van der Waals surface area (Å²) >= 11 is 0. The SMILES string of the molecule is O=C(c1cc(CCc2ccccc2)ccc1O)N1CCCC(CO)C1. The van der Waals surface area contributed by atoms with E-state index in [1.807, 2.05) is 30.3 Å². The van der Waals surface area contributed by atoms with Crippen molar-refractivity contribution in [2.45, 2.75) is 25.7 Å². The molecule has 0 bridgehead atoms. The summed E-state index contributed by atoms with van der Waals surface area (Å²) in [7, 11) is 0. The van der Waals surface area contributed by atoms with E-state index in [1.54, 1.807) is 11.0 Å². The summed E-state index contributed by atoms with van der Waals surface area (Å²) in [6.07, 6.45) is 3.56. The molecule has 1 saturated heterocycles. The Balaban J connectivity index is 1.71. The van der Waals surface area contributed by atoms with Crippen molar-refractivity contribution in [3.8, 4) is 5.75 Å². The highest BCUT2D eigenvalue weighted by atomic mass is 16.3. The number of phenolic OH excluding ortho intramolecular Hbond substituents is 1. The molecule has 132 valence electrons. The summed E-state index contributed by atoms with van der Waals surface area (Å²) in [6, 6.07) is 15.5. The summed E-state index contributed by atoms with van der Waals surface area (Å²) < 4.78 is 0. The summed E-state index contributed by atoms with van der Waals surface area (Å²) in [6.45, 7) is 1.35. The van der Waals surface area contributed by atoms with Crippen LogP contribution in [0.5, 0.6) is 5.75 Å². The number of hydrogen-bond donors (Lipinski definition) is 2. The number of benzene rings is 2. The van der Waals surface area contributed by atoms with Crippen molar-refractivity contribution in [2.24, 2.45) is 5.92 Å². The number of amides is 1. The van der Waals surface area contributed by atoms with Gasteiger partial charge in [0.15, 0.2) is 0 Å². The Morgan fingerprint density at radius 3 is 2.60 bits per heavy atom. The molecule has 3 rings (SSSR count). The van der Waals surface area contributed by atoms with Gasteiger partial charge in [-0.3, -0.25) is 4.79 Å². The van der Waals surface area contributed by atoms with Gasteiger partial charge in [0.05, 0.1) is 5.56 Å². The first-order valence-corrected chi connectivity index (χ1v) is 8.93. The van der Waals surface area contributed by atoms with Crippen molar-refractivity contribution in [1.29, 1.82) is 0 Å². The average molecular weight is 339 g/mol. The first kappa shape index (κ1) is 17.5. The molecule has 2 aromatic carbocycles. The molecule has 1 aliphatic rings. The van der Waals surface area contributed by atoms with Gasteiger partial charge in [0.25, 0.3) is 5.91 Å². The minimum absolute atomic E-state index is 0.0274. The van der Waals surface area contributed by atoms with Crippen LogP contribution in [-0.4, -0.2) is 40.7 Å². The summed E-state index contributed by atoms with van der Waals surface area (Å²) in [4.78, 5) is 14.5. The Kier molecular flexibility index (Phi) is 5.71. The van der Waals surface area contributed by atoms with E-state index in [9.17, 15) is 15.0 Å². The Bertz CT molecular complexity index is 714. The number of nitrogens with zero attached hydrogens (tertiary/aromatic N) is 1. The lowest BCUT2D eigenvalue weighted by Crippen LogP contribution is -2.41. The third-order valence-electron chi connectivity index (χ3n) is 4.90. The predicted molar refractivity (Wildman–Crippen MR) is 97.7 cm³/mol. The van der Waals surface area contributed by atoms with E-state index in [4.69, 9.17) is 0 Å². The van der Waals surface area contributed by atoms with Crippen molar-refractivity contribution >= 4 is 5.91 Å². The van der Waals surface area contributed by atoms with Crippen molar-refractivity contribution in [3.63, 3.8) is 0 Å². The van der Waals surface area contributed by atoms with E-state index < -0.39 is 0 Å². The molecule has 1 aliphatic heterocycles. The fourth-order valence-corrected chi connectivity index (χ4v) is 3.41. The van der Waals surface area contributed by atoms with Crippen LogP contribution in [0.15, 0.2) is 48.5 Å². The Labute approximate surface area is 148 Å². The monoisotopic (exact) mass is 339 g/mol. The number of aliphatic hydroxyl groups excluding tert-OH is 1. The molecule has 1 atom stereocenters. The highest BCUT2D eigenvalue weighted by Gasteiger charge is 2.25. The van der Waals surface area contributed by atoms with E-state index in [-0.39, 0.29) is 24.2 Å². The molecule has 4 heteroatoms. The number of likely N-dealkylation sites (tertiary alicyclic amines) is 1. The average Bonchev–Trinajstić information content (AvgIpc) is 2.67. The van der Waals surface area contributed by atoms with Crippen molar-refractivity contribution in [1.82, 2.24) is 4.90 Å². The van der Waals surface area contributed by atoms with Gasteiger partial charge in [0, 0.05) is 19.7 Å². The van der Waals surface area contributed by atoms with Crippen LogP contribution in [0, 0.1) is 5.92 Å². The molecule has 1 unspecified atom stereocenters. The van der Waals surface area contributed by atoms with Gasteiger partial charge in [-0.05, 0) is 54.9 Å². The number of carbonyl (C=O) groups excluding carboxylic acids is 1. The van der Waals surface area contributed by atoms with Crippen LogP contribution in [0.25, 0.3) is 0 Å². The zero-order valence-corrected chi connectivity index (χ0v) is 14.4. The van der Waals surface area contributed by atoms with Gasteiger partial charge in [0.2, 0.25) is 0 Å². The minimum Gasteiger partial charge on any atom is -0.507 e. The lowest BCUT2D eigenvalue weighted by atomic mass is 9.97. The van der Waals surface area contributed by atoms with Crippen LogP contribution in [0.3, 0.4) is 0 Å². The number of aliphatic hydroxyl groups is 1. The maximum atomic E-state index is 12.8. The standard InChI is InChI=1S/C21H25NO3/c23-15-18-7-4-12-22(14-18)21(25)19-13-17(10-11-20(19)24)9-8-16-5-2-1-3-6-16/h1-3,5-6,10-11,13,18,23-24H,4,7-9,12,14-15H2. The van der Waals surface area contributed by atoms with E-state index in [0.717, 1.165) is 31.2 Å². The summed E-state index contributed by atoms with van der Waals surface area (Å²) in [5.74, 6) is 0.0258. The molecule has 1 amide bonds. The first-order valence-electron chi connectivity index (χ1n) is 8.93. The predicted octanol–water partition coefficient (Wildman–Crippen LogP) is 3.02. The van der Waals surface area contributed by atoms with Crippen LogP contribution in [-0.2, 0) is 12.8 Å². The van der Waals surface area contributed by atoms with Gasteiger partial charge in [0.1, 0.15) is 5.75 Å². The van der Waals surface area contributed by atoms with E-state index >= 15 is 0 Å². The number of aromatic hydroxyl groups is 1. The summed E-state index contributed by atoms with van der Waals surface area (Å²) in [5.41, 5.74) is 2.66. The van der Waals surface area contributed by atoms with Crippen molar-refractivity contribution in [2.75, 3.05) is 19.7 Å². The van der Waals surface area contributed by atoms with Gasteiger partial charge in [-0.1, -0.05) is 36.4 Å². The van der Waals surface area contributed by atoms with Gasteiger partial charge >= 0.3 is 0 Å². The molecule has 0 saturated carbocycles. The number of piperidine rings is 1. The second kappa shape index (κ2) is 8.17. The molecule has 2 N–H and O–H groups in total.